The number of carbonyl (C=O) groups is 2. The SMILES string of the molecule is Cc1ccccc1C1CC(=O)N(c2cccc(C)c2C)C2=C1C(=O)CC(C)(C)C2. The summed E-state index contributed by atoms with van der Waals surface area (Å²) in [5.74, 6) is 0.118. The van der Waals surface area contributed by atoms with Crippen LogP contribution in [0.4, 0.5) is 5.69 Å². The molecule has 150 valence electrons. The second-order valence-electron chi connectivity index (χ2n) is 9.36. The van der Waals surface area contributed by atoms with E-state index in [4.69, 9.17) is 0 Å². The number of aryl methyl sites for hydroxylation is 2. The Balaban J connectivity index is 1.96. The standard InChI is InChI=1S/C26H29NO2/c1-16-10-8-12-21(18(16)3)27-22-14-26(4,5)15-23(28)25(22)20(13-24(27)29)19-11-7-6-9-17(19)2/h6-12,20H,13-15H2,1-5H3. The lowest BCUT2D eigenvalue weighted by atomic mass is 9.68. The Bertz CT molecular complexity index is 1040. The molecule has 3 heteroatoms. The van der Waals surface area contributed by atoms with Crippen LogP contribution in [0.2, 0.25) is 0 Å². The van der Waals surface area contributed by atoms with Crippen LogP contribution in [-0.4, -0.2) is 11.7 Å². The fourth-order valence-electron chi connectivity index (χ4n) is 4.92. The largest absolute Gasteiger partial charge is 0.294 e. The molecule has 2 aromatic carbocycles. The first-order valence-corrected chi connectivity index (χ1v) is 10.4. The summed E-state index contributed by atoms with van der Waals surface area (Å²) < 4.78 is 0. The highest BCUT2D eigenvalue weighted by Gasteiger charge is 2.44. The third kappa shape index (κ3) is 3.33. The summed E-state index contributed by atoms with van der Waals surface area (Å²) >= 11 is 0. The number of ketones is 1. The first kappa shape index (κ1) is 19.6. The summed E-state index contributed by atoms with van der Waals surface area (Å²) in [6, 6.07) is 14.2. The van der Waals surface area contributed by atoms with Crippen molar-refractivity contribution in [3.05, 3.63) is 76.0 Å². The van der Waals surface area contributed by atoms with Crippen LogP contribution in [0.1, 0.15) is 61.3 Å². The Hall–Kier alpha value is -2.68. The van der Waals surface area contributed by atoms with Crippen LogP contribution in [0.3, 0.4) is 0 Å². The van der Waals surface area contributed by atoms with Crippen molar-refractivity contribution in [2.24, 2.45) is 5.41 Å². The molecule has 29 heavy (non-hydrogen) atoms. The van der Waals surface area contributed by atoms with Gasteiger partial charge in [0.1, 0.15) is 0 Å². The summed E-state index contributed by atoms with van der Waals surface area (Å²) in [5.41, 5.74) is 6.99. The van der Waals surface area contributed by atoms with E-state index in [1.54, 1.807) is 0 Å². The van der Waals surface area contributed by atoms with Crippen LogP contribution in [0.25, 0.3) is 0 Å². The number of amides is 1. The highest BCUT2D eigenvalue weighted by Crippen LogP contribution is 2.49. The summed E-state index contributed by atoms with van der Waals surface area (Å²) in [7, 11) is 0. The van der Waals surface area contributed by atoms with Gasteiger partial charge in [0.15, 0.2) is 5.78 Å². The normalized spacial score (nSPS) is 21.4. The van der Waals surface area contributed by atoms with Gasteiger partial charge in [0.05, 0.1) is 5.69 Å². The van der Waals surface area contributed by atoms with E-state index in [9.17, 15) is 9.59 Å². The average molecular weight is 388 g/mol. The Morgan fingerprint density at radius 2 is 1.59 bits per heavy atom. The molecule has 2 aromatic rings. The number of hydrogen-bond donors (Lipinski definition) is 0. The van der Waals surface area contributed by atoms with Gasteiger partial charge in [-0.05, 0) is 60.9 Å². The zero-order valence-corrected chi connectivity index (χ0v) is 18.0. The van der Waals surface area contributed by atoms with Gasteiger partial charge in [-0.1, -0.05) is 50.2 Å². The van der Waals surface area contributed by atoms with E-state index < -0.39 is 0 Å². The van der Waals surface area contributed by atoms with Crippen molar-refractivity contribution in [1.82, 2.24) is 0 Å². The van der Waals surface area contributed by atoms with Crippen LogP contribution in [0.15, 0.2) is 53.7 Å². The van der Waals surface area contributed by atoms with Crippen molar-refractivity contribution < 1.29 is 9.59 Å². The van der Waals surface area contributed by atoms with E-state index in [2.05, 4.69) is 52.8 Å². The Kier molecular flexibility index (Phi) is 4.72. The molecule has 0 saturated heterocycles. The van der Waals surface area contributed by atoms with Crippen LogP contribution < -0.4 is 4.90 Å². The van der Waals surface area contributed by atoms with Gasteiger partial charge in [0, 0.05) is 30.0 Å². The lowest BCUT2D eigenvalue weighted by Gasteiger charge is -2.43. The molecule has 0 aromatic heterocycles. The van der Waals surface area contributed by atoms with Crippen LogP contribution >= 0.6 is 0 Å². The minimum Gasteiger partial charge on any atom is -0.294 e. The maximum absolute atomic E-state index is 13.5. The molecule has 1 aliphatic carbocycles. The first-order chi connectivity index (χ1) is 13.7. The number of rotatable bonds is 2. The van der Waals surface area contributed by atoms with E-state index in [0.717, 1.165) is 45.6 Å². The predicted octanol–water partition coefficient (Wildman–Crippen LogP) is 5.78. The summed E-state index contributed by atoms with van der Waals surface area (Å²) in [6.07, 6.45) is 1.60. The van der Waals surface area contributed by atoms with E-state index in [-0.39, 0.29) is 23.0 Å². The number of nitrogens with zero attached hydrogens (tertiary/aromatic N) is 1. The van der Waals surface area contributed by atoms with Gasteiger partial charge in [-0.2, -0.15) is 0 Å². The highest BCUT2D eigenvalue weighted by molar-refractivity contribution is 6.08. The molecule has 1 unspecified atom stereocenters. The van der Waals surface area contributed by atoms with Crippen LogP contribution in [0, 0.1) is 26.2 Å². The van der Waals surface area contributed by atoms with Gasteiger partial charge in [-0.3, -0.25) is 14.5 Å². The van der Waals surface area contributed by atoms with E-state index in [1.165, 1.54) is 0 Å². The molecular formula is C26H29NO2. The molecule has 1 atom stereocenters. The average Bonchev–Trinajstić information content (AvgIpc) is 2.63. The van der Waals surface area contributed by atoms with Crippen molar-refractivity contribution in [3.63, 3.8) is 0 Å². The number of carbonyl (C=O) groups excluding carboxylic acids is 2. The summed E-state index contributed by atoms with van der Waals surface area (Å²) in [5, 5.41) is 0. The lowest BCUT2D eigenvalue weighted by Crippen LogP contribution is -2.44. The molecule has 0 saturated carbocycles. The Morgan fingerprint density at radius 1 is 0.897 bits per heavy atom. The first-order valence-electron chi connectivity index (χ1n) is 10.4. The quantitative estimate of drug-likeness (QED) is 0.655. The lowest BCUT2D eigenvalue weighted by molar-refractivity contribution is -0.121. The molecule has 2 aliphatic rings. The molecule has 3 nitrogen and oxygen atoms in total. The van der Waals surface area contributed by atoms with Crippen LogP contribution in [0.5, 0.6) is 0 Å². The monoisotopic (exact) mass is 387 g/mol. The number of allylic oxidation sites excluding steroid dienone is 2. The van der Waals surface area contributed by atoms with Gasteiger partial charge < -0.3 is 0 Å². The maximum Gasteiger partial charge on any atom is 0.232 e. The topological polar surface area (TPSA) is 37.4 Å². The smallest absolute Gasteiger partial charge is 0.232 e. The van der Waals surface area contributed by atoms with Gasteiger partial charge >= 0.3 is 0 Å². The zero-order chi connectivity index (χ0) is 20.9. The molecule has 0 radical (unpaired) electrons. The minimum absolute atomic E-state index is 0.0798. The van der Waals surface area contributed by atoms with Crippen molar-refractivity contribution in [2.45, 2.75) is 59.8 Å². The van der Waals surface area contributed by atoms with E-state index in [0.29, 0.717) is 12.8 Å². The molecular weight excluding hydrogens is 358 g/mol. The molecule has 0 fully saturated rings. The minimum atomic E-state index is -0.153. The molecule has 1 aliphatic heterocycles. The Morgan fingerprint density at radius 3 is 2.31 bits per heavy atom. The fourth-order valence-corrected chi connectivity index (χ4v) is 4.92. The maximum atomic E-state index is 13.5. The molecule has 0 spiro atoms. The van der Waals surface area contributed by atoms with Gasteiger partial charge in [0.25, 0.3) is 0 Å². The van der Waals surface area contributed by atoms with E-state index in [1.807, 2.05) is 29.2 Å². The van der Waals surface area contributed by atoms with Crippen LogP contribution in [-0.2, 0) is 9.59 Å². The number of Topliss-reactive ketones (excluding diaryl/α,β-unsaturated/α-hetero) is 1. The molecule has 0 bridgehead atoms. The molecule has 0 N–H and O–H groups in total. The Labute approximate surface area is 173 Å². The summed E-state index contributed by atoms with van der Waals surface area (Å²) in [6.45, 7) is 10.4. The van der Waals surface area contributed by atoms with Crippen molar-refractivity contribution in [2.75, 3.05) is 4.90 Å². The highest BCUT2D eigenvalue weighted by atomic mass is 16.2. The van der Waals surface area contributed by atoms with Gasteiger partial charge in [-0.25, -0.2) is 0 Å². The van der Waals surface area contributed by atoms with Crippen molar-refractivity contribution in [3.8, 4) is 0 Å². The van der Waals surface area contributed by atoms with E-state index >= 15 is 0 Å². The number of hydrogen-bond acceptors (Lipinski definition) is 2. The number of anilines is 1. The summed E-state index contributed by atoms with van der Waals surface area (Å²) in [4.78, 5) is 28.7. The molecule has 4 rings (SSSR count). The second-order valence-corrected chi connectivity index (χ2v) is 9.36. The zero-order valence-electron chi connectivity index (χ0n) is 18.0. The van der Waals surface area contributed by atoms with Gasteiger partial charge in [0.2, 0.25) is 5.91 Å². The predicted molar refractivity (Wildman–Crippen MR) is 117 cm³/mol. The third-order valence-electron chi connectivity index (χ3n) is 6.52. The van der Waals surface area contributed by atoms with Gasteiger partial charge in [-0.15, -0.1) is 0 Å². The molecule has 1 heterocycles. The number of benzene rings is 2. The van der Waals surface area contributed by atoms with Crippen molar-refractivity contribution >= 4 is 17.4 Å². The fraction of sp³-hybridized carbons (Fsp3) is 0.385. The van der Waals surface area contributed by atoms with Crippen molar-refractivity contribution in [1.29, 1.82) is 0 Å². The second kappa shape index (κ2) is 6.98. The molecule has 1 amide bonds. The third-order valence-corrected chi connectivity index (χ3v) is 6.52.